The SMILES string of the molecule is C=C1C=CC(B(O)O)=C(C)C1. The smallest absolute Gasteiger partial charge is 0.423 e. The zero-order valence-electron chi connectivity index (χ0n) is 6.54. The van der Waals surface area contributed by atoms with Gasteiger partial charge >= 0.3 is 7.12 Å². The summed E-state index contributed by atoms with van der Waals surface area (Å²) < 4.78 is 0. The Balaban J connectivity index is 2.88. The molecule has 0 unspecified atom stereocenters. The topological polar surface area (TPSA) is 40.5 Å². The Morgan fingerprint density at radius 2 is 2.09 bits per heavy atom. The molecule has 0 bridgehead atoms. The molecule has 0 saturated heterocycles. The van der Waals surface area contributed by atoms with Gasteiger partial charge in [-0.2, -0.15) is 0 Å². The first kappa shape index (κ1) is 8.30. The molecule has 0 amide bonds. The van der Waals surface area contributed by atoms with Gasteiger partial charge in [-0.1, -0.05) is 29.9 Å². The molecule has 0 radical (unpaired) electrons. The van der Waals surface area contributed by atoms with Crippen LogP contribution < -0.4 is 0 Å². The van der Waals surface area contributed by atoms with Crippen LogP contribution in [0.5, 0.6) is 0 Å². The fraction of sp³-hybridized carbons (Fsp3) is 0.250. The Labute approximate surface area is 66.7 Å². The van der Waals surface area contributed by atoms with Gasteiger partial charge in [-0.25, -0.2) is 0 Å². The van der Waals surface area contributed by atoms with E-state index < -0.39 is 7.12 Å². The monoisotopic (exact) mass is 150 g/mol. The molecule has 0 heterocycles. The first-order chi connectivity index (χ1) is 5.11. The van der Waals surface area contributed by atoms with Crippen LogP contribution in [0.15, 0.2) is 35.3 Å². The Morgan fingerprint density at radius 1 is 1.45 bits per heavy atom. The summed E-state index contributed by atoms with van der Waals surface area (Å²) in [6.45, 7) is 5.65. The van der Waals surface area contributed by atoms with Crippen molar-refractivity contribution in [1.29, 1.82) is 0 Å². The molecule has 11 heavy (non-hydrogen) atoms. The van der Waals surface area contributed by atoms with Crippen LogP contribution in [-0.4, -0.2) is 17.2 Å². The van der Waals surface area contributed by atoms with E-state index >= 15 is 0 Å². The lowest BCUT2D eigenvalue weighted by molar-refractivity contribution is 0.420. The summed E-state index contributed by atoms with van der Waals surface area (Å²) >= 11 is 0. The van der Waals surface area contributed by atoms with Crippen molar-refractivity contribution in [2.75, 3.05) is 0 Å². The Morgan fingerprint density at radius 3 is 2.55 bits per heavy atom. The summed E-state index contributed by atoms with van der Waals surface area (Å²) in [5.41, 5.74) is 2.58. The highest BCUT2D eigenvalue weighted by atomic mass is 16.4. The molecule has 1 aliphatic rings. The first-order valence-electron chi connectivity index (χ1n) is 3.53. The van der Waals surface area contributed by atoms with Gasteiger partial charge in [0.05, 0.1) is 0 Å². The third kappa shape index (κ3) is 1.82. The normalized spacial score (nSPS) is 17.5. The lowest BCUT2D eigenvalue weighted by Crippen LogP contribution is -2.17. The third-order valence-electron chi connectivity index (χ3n) is 1.76. The van der Waals surface area contributed by atoms with E-state index in [9.17, 15) is 0 Å². The van der Waals surface area contributed by atoms with Crippen molar-refractivity contribution in [3.8, 4) is 0 Å². The van der Waals surface area contributed by atoms with Gasteiger partial charge < -0.3 is 10.0 Å². The standard InChI is InChI=1S/C8H11BO2/c1-6-3-4-8(9(10)11)7(2)5-6/h3-4,10-11H,1,5H2,2H3. The van der Waals surface area contributed by atoms with Crippen molar-refractivity contribution in [3.05, 3.63) is 35.3 Å². The lowest BCUT2D eigenvalue weighted by atomic mass is 9.73. The minimum Gasteiger partial charge on any atom is -0.423 e. The molecule has 1 rings (SSSR count). The molecule has 58 valence electrons. The van der Waals surface area contributed by atoms with Crippen LogP contribution >= 0.6 is 0 Å². The molecule has 0 atom stereocenters. The Bertz CT molecular complexity index is 238. The molecule has 0 saturated carbocycles. The van der Waals surface area contributed by atoms with E-state index in [0.717, 1.165) is 17.6 Å². The summed E-state index contributed by atoms with van der Waals surface area (Å²) in [4.78, 5) is 0. The predicted molar refractivity (Wildman–Crippen MR) is 45.8 cm³/mol. The van der Waals surface area contributed by atoms with E-state index in [1.807, 2.05) is 13.0 Å². The van der Waals surface area contributed by atoms with Crippen LogP contribution in [0.25, 0.3) is 0 Å². The molecular weight excluding hydrogens is 139 g/mol. The summed E-state index contributed by atoms with van der Waals surface area (Å²) in [5, 5.41) is 17.7. The van der Waals surface area contributed by atoms with Gasteiger partial charge in [0.25, 0.3) is 0 Å². The number of hydrogen-bond donors (Lipinski definition) is 2. The maximum atomic E-state index is 8.85. The zero-order valence-corrected chi connectivity index (χ0v) is 6.54. The quantitative estimate of drug-likeness (QED) is 0.543. The second-order valence-electron chi connectivity index (χ2n) is 2.78. The number of allylic oxidation sites excluding steroid dienone is 5. The largest absolute Gasteiger partial charge is 0.488 e. The van der Waals surface area contributed by atoms with Crippen molar-refractivity contribution in [3.63, 3.8) is 0 Å². The molecular formula is C8H11BO2. The van der Waals surface area contributed by atoms with Crippen molar-refractivity contribution < 1.29 is 10.0 Å². The highest BCUT2D eigenvalue weighted by Gasteiger charge is 2.17. The van der Waals surface area contributed by atoms with Crippen molar-refractivity contribution >= 4 is 7.12 Å². The van der Waals surface area contributed by atoms with Crippen molar-refractivity contribution in [2.45, 2.75) is 13.3 Å². The maximum absolute atomic E-state index is 8.85. The van der Waals surface area contributed by atoms with Crippen LogP contribution in [0.1, 0.15) is 13.3 Å². The predicted octanol–water partition coefficient (Wildman–Crippen LogP) is 0.831. The minimum atomic E-state index is -1.35. The van der Waals surface area contributed by atoms with Gasteiger partial charge in [0.15, 0.2) is 0 Å². The van der Waals surface area contributed by atoms with E-state index in [4.69, 9.17) is 10.0 Å². The van der Waals surface area contributed by atoms with Gasteiger partial charge in [-0.15, -0.1) is 0 Å². The van der Waals surface area contributed by atoms with Crippen LogP contribution in [-0.2, 0) is 0 Å². The van der Waals surface area contributed by atoms with Gasteiger partial charge in [0, 0.05) is 0 Å². The highest BCUT2D eigenvalue weighted by molar-refractivity contribution is 6.52. The average molecular weight is 150 g/mol. The second-order valence-corrected chi connectivity index (χ2v) is 2.78. The second kappa shape index (κ2) is 3.07. The van der Waals surface area contributed by atoms with Crippen molar-refractivity contribution in [1.82, 2.24) is 0 Å². The van der Waals surface area contributed by atoms with E-state index in [2.05, 4.69) is 6.58 Å². The van der Waals surface area contributed by atoms with Crippen molar-refractivity contribution in [2.24, 2.45) is 0 Å². The van der Waals surface area contributed by atoms with E-state index in [-0.39, 0.29) is 0 Å². The van der Waals surface area contributed by atoms with Gasteiger partial charge in [-0.3, -0.25) is 0 Å². The van der Waals surface area contributed by atoms with E-state index in [0.29, 0.717) is 5.47 Å². The molecule has 0 aromatic heterocycles. The van der Waals surface area contributed by atoms with Crippen LogP contribution in [0.4, 0.5) is 0 Å². The minimum absolute atomic E-state index is 0.595. The third-order valence-corrected chi connectivity index (χ3v) is 1.76. The molecule has 2 N–H and O–H groups in total. The Hall–Kier alpha value is -0.795. The van der Waals surface area contributed by atoms with Gasteiger partial charge in [0.1, 0.15) is 0 Å². The Kier molecular flexibility index (Phi) is 2.32. The molecule has 1 aliphatic carbocycles. The number of rotatable bonds is 1. The van der Waals surface area contributed by atoms with E-state index in [1.165, 1.54) is 0 Å². The summed E-state index contributed by atoms with van der Waals surface area (Å²) in [6, 6.07) is 0. The lowest BCUT2D eigenvalue weighted by Gasteiger charge is -2.12. The summed E-state index contributed by atoms with van der Waals surface area (Å²) in [6.07, 6.45) is 4.25. The molecule has 0 fully saturated rings. The summed E-state index contributed by atoms with van der Waals surface area (Å²) in [7, 11) is -1.35. The molecule has 0 aromatic carbocycles. The molecule has 0 aliphatic heterocycles. The van der Waals surface area contributed by atoms with Crippen LogP contribution in [0, 0.1) is 0 Å². The maximum Gasteiger partial charge on any atom is 0.488 e. The summed E-state index contributed by atoms with van der Waals surface area (Å²) in [5.74, 6) is 0. The van der Waals surface area contributed by atoms with Gasteiger partial charge in [-0.05, 0) is 18.8 Å². The molecule has 2 nitrogen and oxygen atoms in total. The zero-order chi connectivity index (χ0) is 8.43. The fourth-order valence-corrected chi connectivity index (χ4v) is 1.16. The van der Waals surface area contributed by atoms with Crippen LogP contribution in [0.2, 0.25) is 0 Å². The van der Waals surface area contributed by atoms with Gasteiger partial charge in [0.2, 0.25) is 0 Å². The van der Waals surface area contributed by atoms with E-state index in [1.54, 1.807) is 6.08 Å². The fourth-order valence-electron chi connectivity index (χ4n) is 1.16. The molecule has 0 spiro atoms. The average Bonchev–Trinajstić information content (AvgIpc) is 1.85. The first-order valence-corrected chi connectivity index (χ1v) is 3.53. The highest BCUT2D eigenvalue weighted by Crippen LogP contribution is 2.21. The molecule has 0 aromatic rings. The number of hydrogen-bond acceptors (Lipinski definition) is 2. The van der Waals surface area contributed by atoms with Crippen LogP contribution in [0.3, 0.4) is 0 Å². The molecule has 3 heteroatoms.